The average molecular weight is 427 g/mol. The van der Waals surface area contributed by atoms with Gasteiger partial charge in [0.15, 0.2) is 5.82 Å². The number of anilines is 2. The summed E-state index contributed by atoms with van der Waals surface area (Å²) in [7, 11) is 2.08. The molecule has 1 saturated heterocycles. The summed E-state index contributed by atoms with van der Waals surface area (Å²) >= 11 is 1.38. The largest absolute Gasteiger partial charge is 0.462 e. The van der Waals surface area contributed by atoms with E-state index in [1.807, 2.05) is 32.9 Å². The van der Waals surface area contributed by atoms with Gasteiger partial charge >= 0.3 is 5.97 Å². The first-order valence-electron chi connectivity index (χ1n) is 10.2. The molecule has 4 rings (SSSR count). The molecule has 9 heteroatoms. The Morgan fingerprint density at radius 1 is 1.37 bits per heavy atom. The lowest BCUT2D eigenvalue weighted by Gasteiger charge is -2.38. The highest BCUT2D eigenvalue weighted by Gasteiger charge is 2.28. The lowest BCUT2D eigenvalue weighted by atomic mass is 10.0. The number of carbonyl (C=O) groups excluding carboxylic acids is 1. The number of aromatic nitrogens is 4. The summed E-state index contributed by atoms with van der Waals surface area (Å²) in [6.45, 7) is 7.82. The standard InChI is InChI=1S/C21H26N6O2S/c1-5-29-21(28)18-13(2)17-19(23-14(3)24-20(17)30-18)26(4)15-8-7-11-27(12-15)16-9-6-10-22-25-16/h6,9-10,15H,5,7-8,11-12H2,1-4H3. The highest BCUT2D eigenvalue weighted by molar-refractivity contribution is 7.20. The molecule has 1 atom stereocenters. The van der Waals surface area contributed by atoms with E-state index in [0.29, 0.717) is 17.3 Å². The minimum atomic E-state index is -0.296. The van der Waals surface area contributed by atoms with Crippen molar-refractivity contribution in [1.82, 2.24) is 20.2 Å². The number of thiophene rings is 1. The highest BCUT2D eigenvalue weighted by Crippen LogP contribution is 2.37. The van der Waals surface area contributed by atoms with Crippen LogP contribution < -0.4 is 9.80 Å². The molecule has 3 aromatic heterocycles. The van der Waals surface area contributed by atoms with Crippen molar-refractivity contribution in [2.24, 2.45) is 0 Å². The van der Waals surface area contributed by atoms with Gasteiger partial charge < -0.3 is 14.5 Å². The predicted octanol–water partition coefficient (Wildman–Crippen LogP) is 3.38. The van der Waals surface area contributed by atoms with Gasteiger partial charge in [-0.15, -0.1) is 16.4 Å². The average Bonchev–Trinajstić information content (AvgIpc) is 3.10. The zero-order valence-electron chi connectivity index (χ0n) is 17.8. The molecule has 1 unspecified atom stereocenters. The van der Waals surface area contributed by atoms with E-state index in [1.54, 1.807) is 6.20 Å². The zero-order chi connectivity index (χ0) is 21.3. The molecule has 0 saturated carbocycles. The van der Waals surface area contributed by atoms with Crippen molar-refractivity contribution in [2.45, 2.75) is 39.7 Å². The quantitative estimate of drug-likeness (QED) is 0.574. The molecular weight excluding hydrogens is 400 g/mol. The van der Waals surface area contributed by atoms with Crippen molar-refractivity contribution in [3.8, 4) is 0 Å². The lowest BCUT2D eigenvalue weighted by Crippen LogP contribution is -2.47. The van der Waals surface area contributed by atoms with Crippen molar-refractivity contribution in [2.75, 3.05) is 36.5 Å². The number of esters is 1. The summed E-state index contributed by atoms with van der Waals surface area (Å²) in [5, 5.41) is 9.23. The summed E-state index contributed by atoms with van der Waals surface area (Å²) < 4.78 is 5.24. The number of ether oxygens (including phenoxy) is 1. The Bertz CT molecular complexity index is 1050. The number of nitrogens with zero attached hydrogens (tertiary/aromatic N) is 6. The van der Waals surface area contributed by atoms with Gasteiger partial charge in [0.2, 0.25) is 0 Å². The van der Waals surface area contributed by atoms with Crippen molar-refractivity contribution < 1.29 is 9.53 Å². The zero-order valence-corrected chi connectivity index (χ0v) is 18.6. The van der Waals surface area contributed by atoms with E-state index in [-0.39, 0.29) is 12.0 Å². The summed E-state index contributed by atoms with van der Waals surface area (Å²) in [5.74, 6) is 2.17. The SMILES string of the molecule is CCOC(=O)c1sc2nc(C)nc(N(C)C3CCCN(c4cccnn4)C3)c2c1C. The van der Waals surface area contributed by atoms with Crippen LogP contribution in [0.1, 0.15) is 40.8 Å². The van der Waals surface area contributed by atoms with Gasteiger partial charge in [-0.2, -0.15) is 5.10 Å². The summed E-state index contributed by atoms with van der Waals surface area (Å²) in [6, 6.07) is 4.18. The van der Waals surface area contributed by atoms with Crippen LogP contribution in [0.5, 0.6) is 0 Å². The number of likely N-dealkylation sites (N-methyl/N-ethyl adjacent to an activating group) is 1. The van der Waals surface area contributed by atoms with Gasteiger partial charge in [0.25, 0.3) is 0 Å². The normalized spacial score (nSPS) is 16.7. The van der Waals surface area contributed by atoms with Crippen molar-refractivity contribution in [3.63, 3.8) is 0 Å². The van der Waals surface area contributed by atoms with Crippen LogP contribution in [0.3, 0.4) is 0 Å². The van der Waals surface area contributed by atoms with Gasteiger partial charge in [0.05, 0.1) is 12.0 Å². The molecular formula is C21H26N6O2S. The molecule has 1 aliphatic rings. The van der Waals surface area contributed by atoms with Crippen LogP contribution in [0.25, 0.3) is 10.2 Å². The molecule has 158 valence electrons. The molecule has 3 aromatic rings. The van der Waals surface area contributed by atoms with E-state index in [0.717, 1.165) is 53.3 Å². The molecule has 0 bridgehead atoms. The highest BCUT2D eigenvalue weighted by atomic mass is 32.1. The Kier molecular flexibility index (Phi) is 5.80. The number of hydrogen-bond donors (Lipinski definition) is 0. The smallest absolute Gasteiger partial charge is 0.348 e. The topological polar surface area (TPSA) is 84.3 Å². The Balaban J connectivity index is 1.68. The molecule has 0 aromatic carbocycles. The molecule has 0 N–H and O–H groups in total. The Morgan fingerprint density at radius 3 is 2.93 bits per heavy atom. The van der Waals surface area contributed by atoms with Crippen LogP contribution >= 0.6 is 11.3 Å². The summed E-state index contributed by atoms with van der Waals surface area (Å²) in [4.78, 5) is 27.7. The third kappa shape index (κ3) is 3.81. The van der Waals surface area contributed by atoms with Crippen molar-refractivity contribution >= 4 is 39.2 Å². The second kappa shape index (κ2) is 8.51. The van der Waals surface area contributed by atoms with Crippen molar-refractivity contribution in [1.29, 1.82) is 0 Å². The Labute approximate surface area is 179 Å². The molecule has 0 aliphatic carbocycles. The number of fused-ring (bicyclic) bond motifs is 1. The van der Waals surface area contributed by atoms with Gasteiger partial charge in [-0.1, -0.05) is 0 Å². The minimum Gasteiger partial charge on any atom is -0.462 e. The number of piperidine rings is 1. The monoisotopic (exact) mass is 426 g/mol. The van der Waals surface area contributed by atoms with E-state index in [2.05, 4.69) is 32.0 Å². The first-order chi connectivity index (χ1) is 14.5. The number of carbonyl (C=O) groups is 1. The molecule has 0 spiro atoms. The van der Waals surface area contributed by atoms with Crippen LogP contribution in [0, 0.1) is 13.8 Å². The molecule has 1 aliphatic heterocycles. The minimum absolute atomic E-state index is 0.267. The van der Waals surface area contributed by atoms with Crippen LogP contribution in [-0.4, -0.2) is 58.9 Å². The fraction of sp³-hybridized carbons (Fsp3) is 0.476. The van der Waals surface area contributed by atoms with Gasteiger partial charge in [-0.3, -0.25) is 0 Å². The van der Waals surface area contributed by atoms with Crippen LogP contribution in [0.4, 0.5) is 11.6 Å². The number of rotatable bonds is 5. The van der Waals surface area contributed by atoms with E-state index in [1.165, 1.54) is 11.3 Å². The van der Waals surface area contributed by atoms with Crippen molar-refractivity contribution in [3.05, 3.63) is 34.6 Å². The number of aryl methyl sites for hydroxylation is 2. The molecule has 1 fully saturated rings. The predicted molar refractivity (Wildman–Crippen MR) is 119 cm³/mol. The first kappa shape index (κ1) is 20.5. The van der Waals surface area contributed by atoms with E-state index < -0.39 is 0 Å². The van der Waals surface area contributed by atoms with E-state index >= 15 is 0 Å². The third-order valence-electron chi connectivity index (χ3n) is 5.50. The fourth-order valence-electron chi connectivity index (χ4n) is 3.98. The van der Waals surface area contributed by atoms with Gasteiger partial charge in [-0.05, 0) is 51.3 Å². The Hall–Kier alpha value is -2.81. The van der Waals surface area contributed by atoms with Crippen LogP contribution in [0.2, 0.25) is 0 Å². The first-order valence-corrected chi connectivity index (χ1v) is 11.0. The fourth-order valence-corrected chi connectivity index (χ4v) is 5.10. The maximum absolute atomic E-state index is 12.4. The van der Waals surface area contributed by atoms with Gasteiger partial charge in [0.1, 0.15) is 21.3 Å². The summed E-state index contributed by atoms with van der Waals surface area (Å²) in [5.41, 5.74) is 0.886. The van der Waals surface area contributed by atoms with Crippen LogP contribution in [-0.2, 0) is 4.74 Å². The maximum atomic E-state index is 12.4. The molecule has 8 nitrogen and oxygen atoms in total. The number of hydrogen-bond acceptors (Lipinski definition) is 9. The molecule has 4 heterocycles. The summed E-state index contributed by atoms with van der Waals surface area (Å²) in [6.07, 6.45) is 3.82. The lowest BCUT2D eigenvalue weighted by molar-refractivity contribution is 0.0531. The van der Waals surface area contributed by atoms with Crippen LogP contribution in [0.15, 0.2) is 18.3 Å². The molecule has 0 radical (unpaired) electrons. The maximum Gasteiger partial charge on any atom is 0.348 e. The van der Waals surface area contributed by atoms with Gasteiger partial charge in [0, 0.05) is 32.4 Å². The van der Waals surface area contributed by atoms with E-state index in [4.69, 9.17) is 9.72 Å². The third-order valence-corrected chi connectivity index (χ3v) is 6.67. The Morgan fingerprint density at radius 2 is 2.20 bits per heavy atom. The van der Waals surface area contributed by atoms with E-state index in [9.17, 15) is 4.79 Å². The second-order valence-electron chi connectivity index (χ2n) is 7.49. The second-order valence-corrected chi connectivity index (χ2v) is 8.49. The molecule has 30 heavy (non-hydrogen) atoms. The van der Waals surface area contributed by atoms with Gasteiger partial charge in [-0.25, -0.2) is 14.8 Å². The molecule has 0 amide bonds.